The van der Waals surface area contributed by atoms with Crippen molar-refractivity contribution in [1.82, 2.24) is 10.2 Å². The van der Waals surface area contributed by atoms with Gasteiger partial charge in [0, 0.05) is 18.1 Å². The van der Waals surface area contributed by atoms with Crippen LogP contribution in [0.5, 0.6) is 0 Å². The summed E-state index contributed by atoms with van der Waals surface area (Å²) in [6.07, 6.45) is 2.21. The number of hydrogen-bond donors (Lipinski definition) is 1. The highest BCUT2D eigenvalue weighted by atomic mass is 35.5. The van der Waals surface area contributed by atoms with Crippen molar-refractivity contribution in [2.45, 2.75) is 12.8 Å². The highest BCUT2D eigenvalue weighted by molar-refractivity contribution is 6.36. The molecule has 5 heteroatoms. The first-order valence-electron chi connectivity index (χ1n) is 6.50. The maximum atomic E-state index is 12.5. The Morgan fingerprint density at radius 2 is 2.26 bits per heavy atom. The fourth-order valence-corrected chi connectivity index (χ4v) is 3.03. The maximum absolute atomic E-state index is 12.5. The molecule has 0 aromatic heterocycles. The summed E-state index contributed by atoms with van der Waals surface area (Å²) >= 11 is 12.0. The second-order valence-electron chi connectivity index (χ2n) is 4.94. The van der Waals surface area contributed by atoms with Crippen LogP contribution in [0.2, 0.25) is 10.0 Å². The van der Waals surface area contributed by atoms with E-state index in [0.717, 1.165) is 26.1 Å². The molecular weight excluding hydrogens is 283 g/mol. The van der Waals surface area contributed by atoms with Gasteiger partial charge >= 0.3 is 0 Å². The summed E-state index contributed by atoms with van der Waals surface area (Å²) in [6, 6.07) is 5.02. The van der Waals surface area contributed by atoms with E-state index in [1.54, 1.807) is 18.2 Å². The number of rotatable bonds is 3. The smallest absolute Gasteiger partial charge is 0.255 e. The second kappa shape index (κ2) is 6.60. The Hall–Kier alpha value is -0.770. The molecule has 1 fully saturated rings. The summed E-state index contributed by atoms with van der Waals surface area (Å²) in [5.41, 5.74) is 0.538. The van der Waals surface area contributed by atoms with Crippen LogP contribution in [0.3, 0.4) is 0 Å². The van der Waals surface area contributed by atoms with E-state index < -0.39 is 0 Å². The van der Waals surface area contributed by atoms with Crippen LogP contribution >= 0.6 is 23.2 Å². The largest absolute Gasteiger partial charge is 0.338 e. The SMILES string of the molecule is CNC[C@H]1CCCN(C(=O)c2ccc(Cl)cc2Cl)C1. The number of nitrogens with zero attached hydrogens (tertiary/aromatic N) is 1. The zero-order chi connectivity index (χ0) is 13.8. The summed E-state index contributed by atoms with van der Waals surface area (Å²) in [6.45, 7) is 2.54. The summed E-state index contributed by atoms with van der Waals surface area (Å²) in [5.74, 6) is 0.524. The molecule has 1 aromatic rings. The van der Waals surface area contributed by atoms with Crippen molar-refractivity contribution in [3.63, 3.8) is 0 Å². The molecule has 1 aromatic carbocycles. The van der Waals surface area contributed by atoms with Gasteiger partial charge in [-0.25, -0.2) is 0 Å². The van der Waals surface area contributed by atoms with Gasteiger partial charge in [0.05, 0.1) is 10.6 Å². The normalized spacial score (nSPS) is 19.5. The molecule has 19 heavy (non-hydrogen) atoms. The minimum Gasteiger partial charge on any atom is -0.338 e. The Bertz CT molecular complexity index is 463. The highest BCUT2D eigenvalue weighted by Gasteiger charge is 2.25. The van der Waals surface area contributed by atoms with Gasteiger partial charge in [0.25, 0.3) is 5.91 Å². The Morgan fingerprint density at radius 3 is 2.95 bits per heavy atom. The molecule has 1 heterocycles. The lowest BCUT2D eigenvalue weighted by Gasteiger charge is -2.33. The molecule has 0 unspecified atom stereocenters. The number of carbonyl (C=O) groups excluding carboxylic acids is 1. The third kappa shape index (κ3) is 3.62. The zero-order valence-corrected chi connectivity index (χ0v) is 12.5. The molecule has 3 nitrogen and oxygen atoms in total. The van der Waals surface area contributed by atoms with Gasteiger partial charge in [-0.3, -0.25) is 4.79 Å². The van der Waals surface area contributed by atoms with E-state index >= 15 is 0 Å². The maximum Gasteiger partial charge on any atom is 0.255 e. The van der Waals surface area contributed by atoms with E-state index in [1.807, 2.05) is 11.9 Å². The molecule has 0 spiro atoms. The molecule has 1 atom stereocenters. The summed E-state index contributed by atoms with van der Waals surface area (Å²) in [4.78, 5) is 14.3. The Kier molecular flexibility index (Phi) is 5.08. The highest BCUT2D eigenvalue weighted by Crippen LogP contribution is 2.24. The first-order valence-corrected chi connectivity index (χ1v) is 7.26. The van der Waals surface area contributed by atoms with E-state index in [-0.39, 0.29) is 5.91 Å². The molecule has 1 amide bonds. The van der Waals surface area contributed by atoms with Crippen LogP contribution in [0.15, 0.2) is 18.2 Å². The predicted molar refractivity (Wildman–Crippen MR) is 79.0 cm³/mol. The van der Waals surface area contributed by atoms with Gasteiger partial charge in [-0.05, 0) is 50.6 Å². The van der Waals surface area contributed by atoms with Crippen molar-refractivity contribution in [3.05, 3.63) is 33.8 Å². The van der Waals surface area contributed by atoms with Crippen LogP contribution < -0.4 is 5.32 Å². The number of halogens is 2. The predicted octanol–water partition coefficient (Wildman–Crippen LogP) is 3.07. The van der Waals surface area contributed by atoms with Gasteiger partial charge in [-0.1, -0.05) is 23.2 Å². The lowest BCUT2D eigenvalue weighted by atomic mass is 9.97. The number of likely N-dealkylation sites (tertiary alicyclic amines) is 1. The molecular formula is C14H18Cl2N2O. The lowest BCUT2D eigenvalue weighted by molar-refractivity contribution is 0.0674. The van der Waals surface area contributed by atoms with Crippen molar-refractivity contribution < 1.29 is 4.79 Å². The number of nitrogens with one attached hydrogen (secondary N) is 1. The van der Waals surface area contributed by atoms with Gasteiger partial charge < -0.3 is 10.2 Å². The van der Waals surface area contributed by atoms with Gasteiger partial charge in [-0.15, -0.1) is 0 Å². The number of piperidine rings is 1. The van der Waals surface area contributed by atoms with Gasteiger partial charge in [0.15, 0.2) is 0 Å². The summed E-state index contributed by atoms with van der Waals surface area (Å²) < 4.78 is 0. The molecule has 104 valence electrons. The third-order valence-electron chi connectivity index (χ3n) is 3.46. The molecule has 0 bridgehead atoms. The van der Waals surface area contributed by atoms with E-state index in [1.165, 1.54) is 6.42 Å². The van der Waals surface area contributed by atoms with Crippen LogP contribution in [0.1, 0.15) is 23.2 Å². The zero-order valence-electron chi connectivity index (χ0n) is 11.0. The summed E-state index contributed by atoms with van der Waals surface area (Å²) in [7, 11) is 1.94. The number of benzene rings is 1. The Labute approximate surface area is 123 Å². The third-order valence-corrected chi connectivity index (χ3v) is 4.01. The average Bonchev–Trinajstić information content (AvgIpc) is 2.39. The fraction of sp³-hybridized carbons (Fsp3) is 0.500. The molecule has 1 aliphatic heterocycles. The van der Waals surface area contributed by atoms with Crippen LogP contribution in [0, 0.1) is 5.92 Å². The Balaban J connectivity index is 2.10. The number of amides is 1. The van der Waals surface area contributed by atoms with E-state index in [4.69, 9.17) is 23.2 Å². The molecule has 2 rings (SSSR count). The lowest BCUT2D eigenvalue weighted by Crippen LogP contribution is -2.42. The molecule has 0 saturated carbocycles. The van der Waals surface area contributed by atoms with Crippen LogP contribution in [-0.2, 0) is 0 Å². The van der Waals surface area contributed by atoms with E-state index in [0.29, 0.717) is 21.5 Å². The minimum absolute atomic E-state index is 0.00229. The van der Waals surface area contributed by atoms with Gasteiger partial charge in [0.2, 0.25) is 0 Å². The van der Waals surface area contributed by atoms with Crippen LogP contribution in [-0.4, -0.2) is 37.5 Å². The van der Waals surface area contributed by atoms with Crippen LogP contribution in [0.25, 0.3) is 0 Å². The first kappa shape index (κ1) is 14.6. The first-order chi connectivity index (χ1) is 9.11. The fourth-order valence-electron chi connectivity index (χ4n) is 2.54. The molecule has 1 saturated heterocycles. The van der Waals surface area contributed by atoms with Crippen molar-refractivity contribution in [2.24, 2.45) is 5.92 Å². The standard InChI is InChI=1S/C14H18Cl2N2O/c1-17-8-10-3-2-6-18(9-10)14(19)12-5-4-11(15)7-13(12)16/h4-5,7,10,17H,2-3,6,8-9H2,1H3/t10-/m1/s1. The monoisotopic (exact) mass is 300 g/mol. The molecule has 0 aliphatic carbocycles. The number of hydrogen-bond acceptors (Lipinski definition) is 2. The van der Waals surface area contributed by atoms with Crippen LogP contribution in [0.4, 0.5) is 0 Å². The Morgan fingerprint density at radius 1 is 1.47 bits per heavy atom. The number of carbonyl (C=O) groups is 1. The quantitative estimate of drug-likeness (QED) is 0.930. The van der Waals surface area contributed by atoms with Crippen molar-refractivity contribution in [3.8, 4) is 0 Å². The average molecular weight is 301 g/mol. The molecule has 1 aliphatic rings. The second-order valence-corrected chi connectivity index (χ2v) is 5.78. The van der Waals surface area contributed by atoms with Crippen molar-refractivity contribution >= 4 is 29.1 Å². The summed E-state index contributed by atoms with van der Waals surface area (Å²) in [5, 5.41) is 4.15. The van der Waals surface area contributed by atoms with E-state index in [9.17, 15) is 4.79 Å². The topological polar surface area (TPSA) is 32.3 Å². The van der Waals surface area contributed by atoms with Crippen molar-refractivity contribution in [2.75, 3.05) is 26.7 Å². The van der Waals surface area contributed by atoms with Gasteiger partial charge in [0.1, 0.15) is 0 Å². The minimum atomic E-state index is 0.00229. The van der Waals surface area contributed by atoms with E-state index in [2.05, 4.69) is 5.32 Å². The van der Waals surface area contributed by atoms with Crippen molar-refractivity contribution in [1.29, 1.82) is 0 Å². The molecule has 0 radical (unpaired) electrons. The molecule has 1 N–H and O–H groups in total. The van der Waals surface area contributed by atoms with Gasteiger partial charge in [-0.2, -0.15) is 0 Å².